The maximum absolute atomic E-state index is 12.6. The average Bonchev–Trinajstić information content (AvgIpc) is 2.71. The molecule has 0 spiro atoms. The Morgan fingerprint density at radius 2 is 1.89 bits per heavy atom. The van der Waals surface area contributed by atoms with Crippen LogP contribution in [-0.2, 0) is 9.59 Å². The van der Waals surface area contributed by atoms with Crippen LogP contribution < -0.4 is 19.7 Å². The summed E-state index contributed by atoms with van der Waals surface area (Å²) >= 11 is 0. The van der Waals surface area contributed by atoms with Crippen molar-refractivity contribution in [2.24, 2.45) is 5.92 Å². The molecule has 148 valence electrons. The molecule has 2 aromatic carbocycles. The summed E-state index contributed by atoms with van der Waals surface area (Å²) in [5.41, 5.74) is 1.74. The summed E-state index contributed by atoms with van der Waals surface area (Å²) in [5.74, 6) is 1.44. The number of carbonyl (C=O) groups excluding carboxylic acids is 2. The Morgan fingerprint density at radius 3 is 2.57 bits per heavy atom. The van der Waals surface area contributed by atoms with E-state index in [4.69, 9.17) is 9.47 Å². The zero-order valence-corrected chi connectivity index (χ0v) is 16.5. The topological polar surface area (TPSA) is 67.9 Å². The number of hydrogen-bond acceptors (Lipinski definition) is 4. The van der Waals surface area contributed by atoms with Gasteiger partial charge in [-0.15, -0.1) is 0 Å². The third kappa shape index (κ3) is 4.44. The van der Waals surface area contributed by atoms with Gasteiger partial charge in [0.1, 0.15) is 11.5 Å². The molecule has 2 aromatic rings. The number of anilines is 1. The third-order valence-electron chi connectivity index (χ3n) is 4.83. The predicted octanol–water partition coefficient (Wildman–Crippen LogP) is 3.32. The van der Waals surface area contributed by atoms with E-state index in [1.807, 2.05) is 48.5 Å². The molecule has 0 aromatic heterocycles. The van der Waals surface area contributed by atoms with Crippen LogP contribution in [0.3, 0.4) is 0 Å². The third-order valence-corrected chi connectivity index (χ3v) is 4.83. The van der Waals surface area contributed by atoms with Crippen LogP contribution in [0.5, 0.6) is 11.5 Å². The van der Waals surface area contributed by atoms with E-state index in [1.165, 1.54) is 0 Å². The zero-order valence-electron chi connectivity index (χ0n) is 16.5. The van der Waals surface area contributed by atoms with E-state index >= 15 is 0 Å². The van der Waals surface area contributed by atoms with Gasteiger partial charge in [-0.3, -0.25) is 9.59 Å². The first kappa shape index (κ1) is 19.7. The zero-order chi connectivity index (χ0) is 20.1. The number of rotatable bonds is 7. The van der Waals surface area contributed by atoms with Crippen LogP contribution in [0.4, 0.5) is 5.69 Å². The fraction of sp³-hybridized carbons (Fsp3) is 0.364. The quantitative estimate of drug-likeness (QED) is 0.798. The van der Waals surface area contributed by atoms with Crippen molar-refractivity contribution in [3.05, 3.63) is 54.1 Å². The van der Waals surface area contributed by atoms with Gasteiger partial charge < -0.3 is 19.7 Å². The van der Waals surface area contributed by atoms with Gasteiger partial charge in [-0.25, -0.2) is 0 Å². The van der Waals surface area contributed by atoms with Crippen LogP contribution in [0.15, 0.2) is 48.5 Å². The number of carbonyl (C=O) groups is 2. The minimum Gasteiger partial charge on any atom is -0.497 e. The summed E-state index contributed by atoms with van der Waals surface area (Å²) < 4.78 is 10.6. The number of methoxy groups -OCH3 is 1. The van der Waals surface area contributed by atoms with Crippen molar-refractivity contribution in [3.63, 3.8) is 0 Å². The molecule has 0 saturated carbocycles. The molecule has 0 saturated heterocycles. The Balaban J connectivity index is 1.64. The number of amides is 2. The molecule has 0 fully saturated rings. The van der Waals surface area contributed by atoms with Crippen LogP contribution in [0.25, 0.3) is 0 Å². The number of nitrogens with one attached hydrogen (secondary N) is 1. The van der Waals surface area contributed by atoms with Crippen LogP contribution in [-0.4, -0.2) is 32.1 Å². The molecule has 1 atom stereocenters. The summed E-state index contributed by atoms with van der Waals surface area (Å²) in [4.78, 5) is 26.5. The van der Waals surface area contributed by atoms with Crippen LogP contribution in [0.2, 0.25) is 0 Å². The molecule has 2 amide bonds. The molecule has 1 aliphatic rings. The number of ether oxygens (including phenoxy) is 2. The van der Waals surface area contributed by atoms with Crippen LogP contribution >= 0.6 is 0 Å². The molecule has 0 aliphatic carbocycles. The van der Waals surface area contributed by atoms with Gasteiger partial charge >= 0.3 is 0 Å². The van der Waals surface area contributed by atoms with Crippen molar-refractivity contribution < 1.29 is 19.1 Å². The molecule has 28 heavy (non-hydrogen) atoms. The van der Waals surface area contributed by atoms with Crippen molar-refractivity contribution in [1.29, 1.82) is 0 Å². The van der Waals surface area contributed by atoms with E-state index in [2.05, 4.69) is 19.2 Å². The van der Waals surface area contributed by atoms with Crippen molar-refractivity contribution in [3.8, 4) is 11.5 Å². The van der Waals surface area contributed by atoms with E-state index in [0.717, 1.165) is 11.3 Å². The number of nitrogens with zero attached hydrogens (tertiary/aromatic N) is 1. The molecule has 6 heteroatoms. The molecule has 6 nitrogen and oxygen atoms in total. The Bertz CT molecular complexity index is 833. The smallest absolute Gasteiger partial charge is 0.265 e. The first-order valence-electron chi connectivity index (χ1n) is 9.45. The van der Waals surface area contributed by atoms with Gasteiger partial charge in [-0.2, -0.15) is 0 Å². The normalized spacial score (nSPS) is 14.3. The van der Waals surface area contributed by atoms with Crippen molar-refractivity contribution >= 4 is 17.5 Å². The summed E-state index contributed by atoms with van der Waals surface area (Å²) in [6.07, 6.45) is 0.222. The summed E-state index contributed by atoms with van der Waals surface area (Å²) in [5, 5.41) is 3.10. The summed E-state index contributed by atoms with van der Waals surface area (Å²) in [7, 11) is 1.63. The van der Waals surface area contributed by atoms with Crippen molar-refractivity contribution in [1.82, 2.24) is 5.32 Å². The lowest BCUT2D eigenvalue weighted by molar-refractivity contribution is -0.122. The van der Waals surface area contributed by atoms with Crippen LogP contribution in [0.1, 0.15) is 31.9 Å². The van der Waals surface area contributed by atoms with Crippen molar-refractivity contribution in [2.45, 2.75) is 26.3 Å². The lowest BCUT2D eigenvalue weighted by Crippen LogP contribution is -2.41. The Kier molecular flexibility index (Phi) is 6.19. The summed E-state index contributed by atoms with van der Waals surface area (Å²) in [6, 6.07) is 15.0. The fourth-order valence-corrected chi connectivity index (χ4v) is 3.30. The van der Waals surface area contributed by atoms with Gasteiger partial charge in [0.05, 0.1) is 18.8 Å². The maximum atomic E-state index is 12.6. The van der Waals surface area contributed by atoms with Gasteiger partial charge in [-0.05, 0) is 35.7 Å². The second-order valence-electron chi connectivity index (χ2n) is 7.11. The molecule has 1 aliphatic heterocycles. The largest absolute Gasteiger partial charge is 0.497 e. The number of para-hydroxylation sites is 2. The highest BCUT2D eigenvalue weighted by atomic mass is 16.5. The second kappa shape index (κ2) is 8.78. The van der Waals surface area contributed by atoms with E-state index in [1.54, 1.807) is 12.0 Å². The maximum Gasteiger partial charge on any atom is 0.265 e. The fourth-order valence-electron chi connectivity index (χ4n) is 3.30. The molecule has 0 unspecified atom stereocenters. The Morgan fingerprint density at radius 1 is 1.18 bits per heavy atom. The Labute approximate surface area is 165 Å². The lowest BCUT2D eigenvalue weighted by Gasteiger charge is -2.29. The van der Waals surface area contributed by atoms with Gasteiger partial charge in [0, 0.05) is 13.0 Å². The standard InChI is InChI=1S/C22H26N2O4/c1-15(2)22(16-8-10-17(27-3)11-9-16)23-20(25)12-13-24-18-6-4-5-7-19(18)28-14-21(24)26/h4-11,15,22H,12-14H2,1-3H3,(H,23,25)/t22-/m1/s1. The molecule has 0 radical (unpaired) electrons. The van der Waals surface area contributed by atoms with Crippen LogP contribution in [0, 0.1) is 5.92 Å². The number of hydrogen-bond donors (Lipinski definition) is 1. The monoisotopic (exact) mass is 382 g/mol. The van der Waals surface area contributed by atoms with E-state index in [-0.39, 0.29) is 36.8 Å². The molecule has 1 N–H and O–H groups in total. The van der Waals surface area contributed by atoms with E-state index in [0.29, 0.717) is 18.0 Å². The first-order chi connectivity index (χ1) is 13.5. The SMILES string of the molecule is COc1ccc([C@H](NC(=O)CCN2C(=O)COc3ccccc32)C(C)C)cc1. The average molecular weight is 382 g/mol. The molecular weight excluding hydrogens is 356 g/mol. The summed E-state index contributed by atoms with van der Waals surface area (Å²) in [6.45, 7) is 4.45. The first-order valence-corrected chi connectivity index (χ1v) is 9.45. The van der Waals surface area contributed by atoms with Crippen molar-refractivity contribution in [2.75, 3.05) is 25.2 Å². The molecule has 0 bridgehead atoms. The van der Waals surface area contributed by atoms with Gasteiger partial charge in [-0.1, -0.05) is 38.1 Å². The van der Waals surface area contributed by atoms with Gasteiger partial charge in [0.25, 0.3) is 5.91 Å². The Hall–Kier alpha value is -3.02. The van der Waals surface area contributed by atoms with Gasteiger partial charge in [0.2, 0.25) is 5.91 Å². The molecular formula is C22H26N2O4. The van der Waals surface area contributed by atoms with E-state index in [9.17, 15) is 9.59 Å². The minimum absolute atomic E-state index is 0.000893. The number of benzene rings is 2. The number of fused-ring (bicyclic) bond motifs is 1. The highest BCUT2D eigenvalue weighted by molar-refractivity contribution is 5.98. The second-order valence-corrected chi connectivity index (χ2v) is 7.11. The minimum atomic E-state index is -0.137. The predicted molar refractivity (Wildman–Crippen MR) is 108 cm³/mol. The molecule has 1 heterocycles. The van der Waals surface area contributed by atoms with E-state index < -0.39 is 0 Å². The van der Waals surface area contributed by atoms with Gasteiger partial charge in [0.15, 0.2) is 6.61 Å². The lowest BCUT2D eigenvalue weighted by atomic mass is 9.95. The highest BCUT2D eigenvalue weighted by Gasteiger charge is 2.26. The highest BCUT2D eigenvalue weighted by Crippen LogP contribution is 2.31. The molecule has 3 rings (SSSR count).